The Morgan fingerprint density at radius 3 is 2.64 bits per heavy atom. The normalized spacial score (nSPS) is 25.0. The van der Waals surface area contributed by atoms with Crippen LogP contribution in [0.5, 0.6) is 0 Å². The quantitative estimate of drug-likeness (QED) is 0.190. The summed E-state index contributed by atoms with van der Waals surface area (Å²) in [6.45, 7) is 3.19. The van der Waals surface area contributed by atoms with Crippen molar-refractivity contribution in [3.63, 3.8) is 0 Å². The van der Waals surface area contributed by atoms with Gasteiger partial charge in [0.05, 0.1) is 31.2 Å². The van der Waals surface area contributed by atoms with Crippen molar-refractivity contribution in [2.24, 2.45) is 17.8 Å². The summed E-state index contributed by atoms with van der Waals surface area (Å²) in [4.78, 5) is 38.9. The van der Waals surface area contributed by atoms with Crippen LogP contribution in [0.25, 0.3) is 6.08 Å². The van der Waals surface area contributed by atoms with Gasteiger partial charge >= 0.3 is 5.97 Å². The number of hydrogen-bond donors (Lipinski definition) is 2. The van der Waals surface area contributed by atoms with Crippen molar-refractivity contribution in [1.82, 2.24) is 4.90 Å². The Hall–Kier alpha value is -2.75. The molecule has 0 radical (unpaired) electrons. The number of carboxylic acids is 1. The summed E-state index contributed by atoms with van der Waals surface area (Å²) in [5, 5.41) is 18.1. The van der Waals surface area contributed by atoms with Gasteiger partial charge in [-0.1, -0.05) is 25.3 Å². The molecule has 4 rings (SSSR count). The lowest BCUT2D eigenvalue weighted by Crippen LogP contribution is -2.35. The molecule has 2 N–H and O–H groups in total. The van der Waals surface area contributed by atoms with Crippen molar-refractivity contribution >= 4 is 23.9 Å². The van der Waals surface area contributed by atoms with Gasteiger partial charge in [0.2, 0.25) is 11.8 Å². The van der Waals surface area contributed by atoms with E-state index >= 15 is 0 Å². The molecule has 1 aliphatic carbocycles. The Balaban J connectivity index is 1.45. The van der Waals surface area contributed by atoms with Crippen LogP contribution in [-0.4, -0.2) is 65.9 Å². The van der Waals surface area contributed by atoms with E-state index in [4.69, 9.17) is 19.0 Å². The maximum absolute atomic E-state index is 13.5. The highest BCUT2D eigenvalue weighted by atomic mass is 16.5. The molecule has 2 saturated heterocycles. The summed E-state index contributed by atoms with van der Waals surface area (Å²) in [7, 11) is 1.65. The minimum Gasteiger partial charge on any atom is -0.481 e. The molecule has 3 aliphatic rings. The highest BCUT2D eigenvalue weighted by molar-refractivity contribution is 6.06. The van der Waals surface area contributed by atoms with E-state index in [0.29, 0.717) is 51.2 Å². The van der Waals surface area contributed by atoms with Crippen molar-refractivity contribution in [3.8, 4) is 0 Å². The van der Waals surface area contributed by atoms with E-state index in [1.165, 1.54) is 10.5 Å². The van der Waals surface area contributed by atoms with Crippen LogP contribution < -0.4 is 0 Å². The first-order valence-corrected chi connectivity index (χ1v) is 14.2. The van der Waals surface area contributed by atoms with Crippen LogP contribution in [0.15, 0.2) is 33.3 Å². The maximum atomic E-state index is 13.5. The standard InChI is InChI=1S/C30H41NO8/c1-3-7-19(14-21-10-11-22(16-32)39-21)9-12-25-27-20(17-37-2)15-23-28(24(27)18-38-25)30(36)31(29(23)35)13-6-4-5-8-26(33)34/h10-11,14,23-25,28,32H,3-9,12-13,15-18H2,1-2H3,(H,33,34)/b19-14+/t23-,24+,25-,28-/m1/s1. The van der Waals surface area contributed by atoms with E-state index in [2.05, 4.69) is 6.92 Å². The average Bonchev–Trinajstić information content (AvgIpc) is 3.60. The lowest BCUT2D eigenvalue weighted by atomic mass is 9.69. The van der Waals surface area contributed by atoms with Crippen LogP contribution >= 0.6 is 0 Å². The van der Waals surface area contributed by atoms with Crippen molar-refractivity contribution in [1.29, 1.82) is 0 Å². The fourth-order valence-electron chi connectivity index (χ4n) is 6.45. The van der Waals surface area contributed by atoms with Gasteiger partial charge in [0.1, 0.15) is 18.1 Å². The molecule has 0 unspecified atom stereocenters. The van der Waals surface area contributed by atoms with Crippen molar-refractivity contribution in [2.75, 3.05) is 26.9 Å². The Morgan fingerprint density at radius 1 is 1.13 bits per heavy atom. The first kappa shape index (κ1) is 29.2. The van der Waals surface area contributed by atoms with Crippen LogP contribution in [0.1, 0.15) is 76.2 Å². The number of allylic oxidation sites excluding steroid dienone is 1. The fraction of sp³-hybridized carbons (Fsp3) is 0.633. The zero-order valence-corrected chi connectivity index (χ0v) is 23.0. The summed E-state index contributed by atoms with van der Waals surface area (Å²) >= 11 is 0. The number of imide groups is 1. The Bertz CT molecular complexity index is 1100. The molecule has 214 valence electrons. The van der Waals surface area contributed by atoms with Gasteiger partial charge in [-0.25, -0.2) is 0 Å². The number of nitrogens with zero attached hydrogens (tertiary/aromatic N) is 1. The summed E-state index contributed by atoms with van der Waals surface area (Å²) < 4.78 is 17.5. The number of carbonyl (C=O) groups excluding carboxylic acids is 2. The van der Waals surface area contributed by atoms with Crippen LogP contribution in [0.4, 0.5) is 0 Å². The summed E-state index contributed by atoms with van der Waals surface area (Å²) in [6.07, 6.45) is 7.85. The molecule has 9 nitrogen and oxygen atoms in total. The number of amides is 2. The minimum absolute atomic E-state index is 0.0992. The molecule has 0 spiro atoms. The molecule has 0 bridgehead atoms. The first-order chi connectivity index (χ1) is 18.9. The SMILES string of the molecule is CCC/C(=C\c1ccc(CO)o1)CC[C@H]1OC[C@H]2C1=C(COC)C[C@H]1C(=O)N(CCCCCC(=O)O)C(=O)[C@H]12. The van der Waals surface area contributed by atoms with Crippen LogP contribution in [-0.2, 0) is 30.5 Å². The number of rotatable bonds is 15. The van der Waals surface area contributed by atoms with Crippen LogP contribution in [0.3, 0.4) is 0 Å². The maximum Gasteiger partial charge on any atom is 0.303 e. The monoisotopic (exact) mass is 543 g/mol. The third kappa shape index (κ3) is 6.70. The van der Waals surface area contributed by atoms with Gasteiger partial charge in [0.25, 0.3) is 0 Å². The minimum atomic E-state index is -0.830. The van der Waals surface area contributed by atoms with Crippen molar-refractivity contribution in [2.45, 2.75) is 77.4 Å². The number of aliphatic hydroxyl groups excluding tert-OH is 1. The Morgan fingerprint density at radius 2 is 1.95 bits per heavy atom. The first-order valence-electron chi connectivity index (χ1n) is 14.2. The topological polar surface area (TPSA) is 127 Å². The molecule has 2 amide bonds. The molecular weight excluding hydrogens is 502 g/mol. The summed E-state index contributed by atoms with van der Waals surface area (Å²) in [5.74, 6) is -0.702. The molecule has 0 saturated carbocycles. The van der Waals surface area contributed by atoms with E-state index in [1.54, 1.807) is 13.2 Å². The molecule has 4 atom stereocenters. The number of ether oxygens (including phenoxy) is 2. The predicted molar refractivity (Wildman–Crippen MR) is 143 cm³/mol. The molecule has 3 heterocycles. The van der Waals surface area contributed by atoms with E-state index in [-0.39, 0.29) is 42.8 Å². The number of carbonyl (C=O) groups is 3. The van der Waals surface area contributed by atoms with Gasteiger partial charge in [-0.3, -0.25) is 19.3 Å². The van der Waals surface area contributed by atoms with Crippen LogP contribution in [0, 0.1) is 17.8 Å². The van der Waals surface area contributed by atoms with Gasteiger partial charge in [-0.05, 0) is 67.9 Å². The second-order valence-electron chi connectivity index (χ2n) is 10.8. The van der Waals surface area contributed by atoms with Gasteiger partial charge in [0.15, 0.2) is 0 Å². The molecule has 0 aromatic carbocycles. The number of unbranched alkanes of at least 4 members (excludes halogenated alkanes) is 2. The number of methoxy groups -OCH3 is 1. The second kappa shape index (κ2) is 13.5. The molecule has 39 heavy (non-hydrogen) atoms. The van der Waals surface area contributed by atoms with Crippen molar-refractivity contribution in [3.05, 3.63) is 40.4 Å². The van der Waals surface area contributed by atoms with Gasteiger partial charge in [-0.15, -0.1) is 0 Å². The Kier molecular flexibility index (Phi) is 10.2. The number of hydrogen-bond acceptors (Lipinski definition) is 7. The van der Waals surface area contributed by atoms with E-state index in [1.807, 2.05) is 12.1 Å². The van der Waals surface area contributed by atoms with Crippen molar-refractivity contribution < 1.29 is 38.5 Å². The molecule has 1 aromatic rings. The molecule has 2 aliphatic heterocycles. The number of carboxylic acid groups (broad SMARTS) is 1. The lowest BCUT2D eigenvalue weighted by molar-refractivity contribution is -0.141. The molecule has 1 aromatic heterocycles. The number of fused-ring (bicyclic) bond motifs is 3. The van der Waals surface area contributed by atoms with E-state index in [0.717, 1.165) is 42.6 Å². The highest BCUT2D eigenvalue weighted by Gasteiger charge is 2.56. The predicted octanol–water partition coefficient (Wildman–Crippen LogP) is 4.34. The van der Waals surface area contributed by atoms with Crippen LogP contribution in [0.2, 0.25) is 0 Å². The van der Waals surface area contributed by atoms with Gasteiger partial charge in [0, 0.05) is 26.0 Å². The zero-order valence-electron chi connectivity index (χ0n) is 23.0. The third-order valence-corrected chi connectivity index (χ3v) is 8.17. The smallest absolute Gasteiger partial charge is 0.303 e. The lowest BCUT2D eigenvalue weighted by Gasteiger charge is -2.31. The molecular formula is C30H41NO8. The second-order valence-corrected chi connectivity index (χ2v) is 10.8. The molecule has 9 heteroatoms. The average molecular weight is 544 g/mol. The van der Waals surface area contributed by atoms with E-state index in [9.17, 15) is 19.5 Å². The van der Waals surface area contributed by atoms with Gasteiger partial charge < -0.3 is 24.1 Å². The highest BCUT2D eigenvalue weighted by Crippen LogP contribution is 2.50. The third-order valence-electron chi connectivity index (χ3n) is 8.17. The molecule has 2 fully saturated rings. The largest absolute Gasteiger partial charge is 0.481 e. The summed E-state index contributed by atoms with van der Waals surface area (Å²) in [5.41, 5.74) is 3.46. The van der Waals surface area contributed by atoms with E-state index < -0.39 is 11.9 Å². The Labute approximate surface area is 229 Å². The fourth-order valence-corrected chi connectivity index (χ4v) is 6.45. The number of aliphatic carboxylic acids is 1. The number of aliphatic hydroxyl groups is 1. The number of furan rings is 1. The summed E-state index contributed by atoms with van der Waals surface area (Å²) in [6, 6.07) is 3.64. The number of likely N-dealkylation sites (tertiary alicyclic amines) is 1. The zero-order chi connectivity index (χ0) is 27.9. The van der Waals surface area contributed by atoms with Gasteiger partial charge in [-0.2, -0.15) is 0 Å².